The van der Waals surface area contributed by atoms with Crippen molar-refractivity contribution < 1.29 is 13.9 Å². The molecule has 0 spiro atoms. The zero-order chi connectivity index (χ0) is 13.1. The molecule has 0 N–H and O–H groups in total. The zero-order valence-corrected chi connectivity index (χ0v) is 10.9. The van der Waals surface area contributed by atoms with Crippen LogP contribution in [0.1, 0.15) is 23.0 Å². The fraction of sp³-hybridized carbons (Fsp3) is 0.357. The van der Waals surface area contributed by atoms with E-state index in [-0.39, 0.29) is 5.76 Å². The van der Waals surface area contributed by atoms with Gasteiger partial charge in [0, 0.05) is 17.5 Å². The van der Waals surface area contributed by atoms with Crippen LogP contribution in [-0.4, -0.2) is 31.6 Å². The van der Waals surface area contributed by atoms with Gasteiger partial charge in [0.1, 0.15) is 5.58 Å². The first-order chi connectivity index (χ1) is 8.61. The molecule has 1 heterocycles. The van der Waals surface area contributed by atoms with Crippen LogP contribution in [0.25, 0.3) is 11.0 Å². The van der Waals surface area contributed by atoms with Crippen molar-refractivity contribution in [2.75, 3.05) is 20.7 Å². The summed E-state index contributed by atoms with van der Waals surface area (Å²) in [6.07, 6.45) is 0. The minimum absolute atomic E-state index is 0.262. The van der Waals surface area contributed by atoms with E-state index in [4.69, 9.17) is 9.15 Å². The lowest BCUT2D eigenvalue weighted by molar-refractivity contribution is 0.0492. The van der Waals surface area contributed by atoms with E-state index in [9.17, 15) is 4.79 Å². The highest BCUT2D eigenvalue weighted by Crippen LogP contribution is 2.24. The Morgan fingerprint density at radius 3 is 2.83 bits per heavy atom. The van der Waals surface area contributed by atoms with E-state index < -0.39 is 5.97 Å². The summed E-state index contributed by atoms with van der Waals surface area (Å²) >= 11 is 0. The first-order valence-corrected chi connectivity index (χ1v) is 5.95. The maximum Gasteiger partial charge on any atom is 0.374 e. The number of carbonyl (C=O) groups excluding carboxylic acids is 1. The zero-order valence-electron chi connectivity index (χ0n) is 10.9. The van der Waals surface area contributed by atoms with Gasteiger partial charge in [-0.15, -0.1) is 0 Å². The van der Waals surface area contributed by atoms with Crippen LogP contribution in [0.4, 0.5) is 0 Å². The van der Waals surface area contributed by atoms with Gasteiger partial charge in [-0.25, -0.2) is 4.79 Å². The number of furan rings is 1. The van der Waals surface area contributed by atoms with Crippen molar-refractivity contribution in [1.29, 1.82) is 0 Å². The first-order valence-electron chi connectivity index (χ1n) is 5.95. The van der Waals surface area contributed by atoms with E-state index >= 15 is 0 Å². The Kier molecular flexibility index (Phi) is 3.67. The average molecular weight is 247 g/mol. The van der Waals surface area contributed by atoms with Crippen LogP contribution in [-0.2, 0) is 11.3 Å². The summed E-state index contributed by atoms with van der Waals surface area (Å²) in [6, 6.07) is 7.62. The summed E-state index contributed by atoms with van der Waals surface area (Å²) in [5.41, 5.74) is 1.82. The molecule has 1 aromatic carbocycles. The normalized spacial score (nSPS) is 11.1. The first kappa shape index (κ1) is 12.6. The summed E-state index contributed by atoms with van der Waals surface area (Å²) in [6.45, 7) is 2.89. The molecule has 0 amide bonds. The smallest absolute Gasteiger partial charge is 0.374 e. The van der Waals surface area contributed by atoms with Crippen molar-refractivity contribution in [1.82, 2.24) is 4.90 Å². The van der Waals surface area contributed by atoms with Gasteiger partial charge in [-0.3, -0.25) is 0 Å². The largest absolute Gasteiger partial charge is 0.460 e. The number of para-hydroxylation sites is 1. The monoisotopic (exact) mass is 247 g/mol. The molecule has 1 aromatic heterocycles. The lowest BCUT2D eigenvalue weighted by atomic mass is 10.1. The number of hydrogen-bond donors (Lipinski definition) is 0. The van der Waals surface area contributed by atoms with Crippen LogP contribution in [0.2, 0.25) is 0 Å². The van der Waals surface area contributed by atoms with Crippen molar-refractivity contribution in [3.8, 4) is 0 Å². The Hall–Kier alpha value is -1.81. The van der Waals surface area contributed by atoms with Crippen LogP contribution in [0.15, 0.2) is 28.7 Å². The number of carbonyl (C=O) groups is 1. The van der Waals surface area contributed by atoms with Gasteiger partial charge in [0.2, 0.25) is 5.76 Å². The summed E-state index contributed by atoms with van der Waals surface area (Å²) in [5, 5.41) is 0.928. The molecule has 0 unspecified atom stereocenters. The maximum atomic E-state index is 11.6. The van der Waals surface area contributed by atoms with Gasteiger partial charge in [0.25, 0.3) is 0 Å². The molecule has 18 heavy (non-hydrogen) atoms. The van der Waals surface area contributed by atoms with E-state index in [1.807, 2.05) is 32.3 Å². The quantitative estimate of drug-likeness (QED) is 0.779. The van der Waals surface area contributed by atoms with E-state index in [0.29, 0.717) is 6.61 Å². The molecule has 0 radical (unpaired) electrons. The molecule has 96 valence electrons. The minimum Gasteiger partial charge on any atom is -0.460 e. The molecule has 0 aliphatic heterocycles. The second-order valence-corrected chi connectivity index (χ2v) is 4.40. The third-order valence-electron chi connectivity index (χ3n) is 2.59. The van der Waals surface area contributed by atoms with Gasteiger partial charge in [-0.2, -0.15) is 0 Å². The number of fused-ring (bicyclic) bond motifs is 1. The van der Waals surface area contributed by atoms with Crippen molar-refractivity contribution in [2.45, 2.75) is 13.5 Å². The molecule has 0 saturated heterocycles. The molecular weight excluding hydrogens is 230 g/mol. The number of nitrogens with zero attached hydrogens (tertiary/aromatic N) is 1. The van der Waals surface area contributed by atoms with Crippen LogP contribution in [0, 0.1) is 0 Å². The number of ether oxygens (including phenoxy) is 1. The predicted molar refractivity (Wildman–Crippen MR) is 69.6 cm³/mol. The lowest BCUT2D eigenvalue weighted by Gasteiger charge is -2.09. The molecule has 0 aliphatic carbocycles. The Balaban J connectivity index is 2.41. The van der Waals surface area contributed by atoms with E-state index in [2.05, 4.69) is 4.90 Å². The van der Waals surface area contributed by atoms with Crippen LogP contribution in [0.5, 0.6) is 0 Å². The van der Waals surface area contributed by atoms with Crippen molar-refractivity contribution >= 4 is 16.9 Å². The molecule has 0 bridgehead atoms. The van der Waals surface area contributed by atoms with Crippen LogP contribution in [0.3, 0.4) is 0 Å². The van der Waals surface area contributed by atoms with E-state index in [1.54, 1.807) is 13.0 Å². The lowest BCUT2D eigenvalue weighted by Crippen LogP contribution is -2.10. The maximum absolute atomic E-state index is 11.6. The molecule has 2 rings (SSSR count). The van der Waals surface area contributed by atoms with Crippen LogP contribution < -0.4 is 0 Å². The minimum atomic E-state index is -0.412. The third-order valence-corrected chi connectivity index (χ3v) is 2.59. The highest BCUT2D eigenvalue weighted by molar-refractivity contribution is 5.93. The molecule has 0 saturated carbocycles. The molecule has 0 atom stereocenters. The van der Waals surface area contributed by atoms with E-state index in [1.165, 1.54) is 0 Å². The highest BCUT2D eigenvalue weighted by Gasteiger charge is 2.15. The van der Waals surface area contributed by atoms with Crippen molar-refractivity contribution in [3.63, 3.8) is 0 Å². The number of benzene rings is 1. The van der Waals surface area contributed by atoms with E-state index in [0.717, 1.165) is 23.1 Å². The Bertz CT molecular complexity index is 557. The van der Waals surface area contributed by atoms with Gasteiger partial charge in [0.05, 0.1) is 6.61 Å². The molecule has 0 aliphatic rings. The Labute approximate surface area is 106 Å². The number of esters is 1. The molecule has 0 fully saturated rings. The third kappa shape index (κ3) is 2.54. The summed E-state index contributed by atoms with van der Waals surface area (Å²) in [4.78, 5) is 13.7. The van der Waals surface area contributed by atoms with Crippen molar-refractivity contribution in [3.05, 3.63) is 35.6 Å². The van der Waals surface area contributed by atoms with Gasteiger partial charge >= 0.3 is 5.97 Å². The van der Waals surface area contributed by atoms with Gasteiger partial charge in [0.15, 0.2) is 0 Å². The summed E-state index contributed by atoms with van der Waals surface area (Å²) in [5.74, 6) is -0.150. The van der Waals surface area contributed by atoms with Crippen LogP contribution >= 0.6 is 0 Å². The summed E-state index contributed by atoms with van der Waals surface area (Å²) in [7, 11) is 3.99. The fourth-order valence-electron chi connectivity index (χ4n) is 1.89. The molecule has 4 nitrogen and oxygen atoms in total. The molecular formula is C14H17NO3. The standard InChI is InChI=1S/C14H17NO3/c1-4-17-14(16)12-8-10-6-5-7-11(9-15(2)3)13(10)18-12/h5-8H,4,9H2,1-3H3. The van der Waals surface area contributed by atoms with Gasteiger partial charge in [-0.05, 0) is 27.1 Å². The second kappa shape index (κ2) is 5.23. The highest BCUT2D eigenvalue weighted by atomic mass is 16.5. The summed E-state index contributed by atoms with van der Waals surface area (Å²) < 4.78 is 10.5. The Morgan fingerprint density at radius 2 is 2.17 bits per heavy atom. The second-order valence-electron chi connectivity index (χ2n) is 4.40. The topological polar surface area (TPSA) is 42.7 Å². The predicted octanol–water partition coefficient (Wildman–Crippen LogP) is 2.67. The Morgan fingerprint density at radius 1 is 1.39 bits per heavy atom. The SMILES string of the molecule is CCOC(=O)c1cc2cccc(CN(C)C)c2o1. The average Bonchev–Trinajstić information content (AvgIpc) is 2.73. The van der Waals surface area contributed by atoms with Gasteiger partial charge < -0.3 is 14.1 Å². The molecule has 2 aromatic rings. The number of rotatable bonds is 4. The number of hydrogen-bond acceptors (Lipinski definition) is 4. The molecule has 4 heteroatoms. The van der Waals surface area contributed by atoms with Gasteiger partial charge in [-0.1, -0.05) is 18.2 Å². The van der Waals surface area contributed by atoms with Crippen molar-refractivity contribution in [2.24, 2.45) is 0 Å². The fourth-order valence-corrected chi connectivity index (χ4v) is 1.89.